The number of fused-ring (bicyclic) bond motifs is 1. The third-order valence-electron chi connectivity index (χ3n) is 2.68. The molecule has 1 aromatic carbocycles. The topological polar surface area (TPSA) is 102 Å². The Bertz CT molecular complexity index is 549. The number of Topliss-reactive ketones (excluding diaryl/α,β-unsaturated/α-hetero) is 1. The fourth-order valence-corrected chi connectivity index (χ4v) is 1.84. The zero-order chi connectivity index (χ0) is 12.6. The second kappa shape index (κ2) is 3.89. The lowest BCUT2D eigenvalue weighted by Gasteiger charge is -2.07. The van der Waals surface area contributed by atoms with Gasteiger partial charge in [0.25, 0.3) is 5.91 Å². The van der Waals surface area contributed by atoms with Gasteiger partial charge >= 0.3 is 0 Å². The number of ketones is 1. The highest BCUT2D eigenvalue weighted by Gasteiger charge is 2.29. The summed E-state index contributed by atoms with van der Waals surface area (Å²) in [4.78, 5) is 22.9. The molecule has 1 amide bonds. The van der Waals surface area contributed by atoms with Crippen LogP contribution in [0.2, 0.25) is 0 Å². The quantitative estimate of drug-likeness (QED) is 0.569. The van der Waals surface area contributed by atoms with Crippen LogP contribution in [-0.2, 0) is 6.42 Å². The molecular weight excluding hydrogens is 224 g/mol. The molecule has 0 radical (unpaired) electrons. The van der Waals surface area contributed by atoms with Gasteiger partial charge in [-0.05, 0) is 17.7 Å². The molecule has 17 heavy (non-hydrogen) atoms. The number of hydrogen-bond donors (Lipinski definition) is 2. The van der Waals surface area contributed by atoms with Crippen LogP contribution in [0.3, 0.4) is 0 Å². The molecule has 0 fully saturated rings. The van der Waals surface area contributed by atoms with E-state index in [0.29, 0.717) is 16.9 Å². The molecule has 0 atom stereocenters. The predicted molar refractivity (Wildman–Crippen MR) is 58.8 cm³/mol. The highest BCUT2D eigenvalue weighted by atomic mass is 16.5. The highest BCUT2D eigenvalue weighted by Crippen LogP contribution is 2.28. The van der Waals surface area contributed by atoms with E-state index in [-0.39, 0.29) is 17.7 Å². The molecule has 0 spiro atoms. The summed E-state index contributed by atoms with van der Waals surface area (Å²) in [6.07, 6.45) is 0.222. The first kappa shape index (κ1) is 11.1. The van der Waals surface area contributed by atoms with Crippen LogP contribution in [0.4, 0.5) is 0 Å². The van der Waals surface area contributed by atoms with Gasteiger partial charge in [-0.25, -0.2) is 0 Å². The van der Waals surface area contributed by atoms with Gasteiger partial charge < -0.3 is 15.7 Å². The van der Waals surface area contributed by atoms with E-state index in [1.54, 1.807) is 6.07 Å². The molecular formula is C11H10N2O4. The molecule has 3 N–H and O–H groups in total. The minimum atomic E-state index is -0.674. The molecule has 0 unspecified atom stereocenters. The molecule has 6 heteroatoms. The van der Waals surface area contributed by atoms with Crippen LogP contribution in [0.25, 0.3) is 0 Å². The van der Waals surface area contributed by atoms with E-state index in [2.05, 4.69) is 5.16 Å². The maximum atomic E-state index is 11.7. The van der Waals surface area contributed by atoms with E-state index in [0.717, 1.165) is 0 Å². The number of carbonyl (C=O) groups is 2. The Balaban J connectivity index is 2.62. The van der Waals surface area contributed by atoms with Crippen LogP contribution in [-0.4, -0.2) is 29.7 Å². The van der Waals surface area contributed by atoms with Crippen molar-refractivity contribution in [2.24, 2.45) is 10.9 Å². The Morgan fingerprint density at radius 1 is 1.53 bits per heavy atom. The van der Waals surface area contributed by atoms with Gasteiger partial charge in [0.15, 0.2) is 0 Å². The monoisotopic (exact) mass is 234 g/mol. The molecule has 0 heterocycles. The average Bonchev–Trinajstić information content (AvgIpc) is 2.64. The maximum Gasteiger partial charge on any atom is 0.252 e. The van der Waals surface area contributed by atoms with Crippen molar-refractivity contribution in [1.29, 1.82) is 0 Å². The molecule has 6 nitrogen and oxygen atoms in total. The zero-order valence-corrected chi connectivity index (χ0v) is 9.06. The molecule has 1 aliphatic carbocycles. The summed E-state index contributed by atoms with van der Waals surface area (Å²) in [5.74, 6) is -0.761. The summed E-state index contributed by atoms with van der Waals surface area (Å²) in [5, 5.41) is 11.6. The molecule has 0 saturated carbocycles. The van der Waals surface area contributed by atoms with Crippen LogP contribution >= 0.6 is 0 Å². The predicted octanol–water partition coefficient (Wildman–Crippen LogP) is 0.363. The number of primary amides is 1. The molecule has 1 aromatic rings. The van der Waals surface area contributed by atoms with Crippen molar-refractivity contribution in [2.45, 2.75) is 6.42 Å². The van der Waals surface area contributed by atoms with Gasteiger partial charge in [0.1, 0.15) is 11.5 Å². The maximum absolute atomic E-state index is 11.7. The minimum Gasteiger partial charge on any atom is -0.496 e. The van der Waals surface area contributed by atoms with Crippen LogP contribution in [0.1, 0.15) is 26.3 Å². The Hall–Kier alpha value is -2.37. The van der Waals surface area contributed by atoms with Crippen LogP contribution < -0.4 is 10.5 Å². The highest BCUT2D eigenvalue weighted by molar-refractivity contribution is 6.49. The summed E-state index contributed by atoms with van der Waals surface area (Å²) >= 11 is 0. The van der Waals surface area contributed by atoms with Gasteiger partial charge in [0.2, 0.25) is 5.78 Å². The van der Waals surface area contributed by atoms with Crippen LogP contribution in [0.5, 0.6) is 5.75 Å². The molecule has 1 aliphatic rings. The van der Waals surface area contributed by atoms with Gasteiger partial charge in [-0.2, -0.15) is 0 Å². The van der Waals surface area contributed by atoms with Gasteiger partial charge in [-0.1, -0.05) is 5.16 Å². The van der Waals surface area contributed by atoms with Crippen molar-refractivity contribution in [2.75, 3.05) is 7.11 Å². The summed E-state index contributed by atoms with van der Waals surface area (Å²) in [7, 11) is 1.41. The Morgan fingerprint density at radius 3 is 2.76 bits per heavy atom. The van der Waals surface area contributed by atoms with Crippen molar-refractivity contribution >= 4 is 17.4 Å². The van der Waals surface area contributed by atoms with E-state index >= 15 is 0 Å². The summed E-state index contributed by atoms with van der Waals surface area (Å²) < 4.78 is 5.02. The number of ether oxygens (including phenoxy) is 1. The third-order valence-corrected chi connectivity index (χ3v) is 2.68. The molecule has 0 bridgehead atoms. The standard InChI is InChI=1S/C11H10N2O4/c1-17-9-3-5-2-8(13-16)10(14)6(5)4-7(9)11(12)15/h3-4,16H,2H2,1H3,(H2,12,15). The zero-order valence-electron chi connectivity index (χ0n) is 9.06. The number of amides is 1. The van der Waals surface area contributed by atoms with Gasteiger partial charge in [-0.3, -0.25) is 9.59 Å². The normalized spacial score (nSPS) is 16.1. The van der Waals surface area contributed by atoms with Crippen LogP contribution in [0, 0.1) is 0 Å². The lowest BCUT2D eigenvalue weighted by Crippen LogP contribution is -2.14. The number of methoxy groups -OCH3 is 1. The van der Waals surface area contributed by atoms with E-state index in [9.17, 15) is 9.59 Å². The molecule has 88 valence electrons. The molecule has 0 saturated heterocycles. The number of benzene rings is 1. The first-order valence-electron chi connectivity index (χ1n) is 4.84. The number of oxime groups is 1. The lowest BCUT2D eigenvalue weighted by atomic mass is 10.0. The van der Waals surface area contributed by atoms with E-state index in [4.69, 9.17) is 15.7 Å². The van der Waals surface area contributed by atoms with Crippen molar-refractivity contribution < 1.29 is 19.5 Å². The molecule has 0 aromatic heterocycles. The Kier molecular flexibility index (Phi) is 2.55. The fourth-order valence-electron chi connectivity index (χ4n) is 1.84. The van der Waals surface area contributed by atoms with Crippen molar-refractivity contribution in [3.8, 4) is 5.75 Å². The first-order valence-corrected chi connectivity index (χ1v) is 4.84. The van der Waals surface area contributed by atoms with E-state index in [1.807, 2.05) is 0 Å². The summed E-state index contributed by atoms with van der Waals surface area (Å²) in [6, 6.07) is 2.93. The van der Waals surface area contributed by atoms with Crippen molar-refractivity contribution in [3.05, 3.63) is 28.8 Å². The number of carbonyl (C=O) groups excluding carboxylic acids is 2. The second-order valence-electron chi connectivity index (χ2n) is 3.63. The Morgan fingerprint density at radius 2 is 2.24 bits per heavy atom. The van der Waals surface area contributed by atoms with Crippen molar-refractivity contribution in [3.63, 3.8) is 0 Å². The lowest BCUT2D eigenvalue weighted by molar-refractivity contribution is 0.0997. The van der Waals surface area contributed by atoms with Gasteiger partial charge in [-0.15, -0.1) is 0 Å². The minimum absolute atomic E-state index is 0.0451. The molecule has 2 rings (SSSR count). The third kappa shape index (κ3) is 1.63. The average molecular weight is 234 g/mol. The SMILES string of the molecule is COc1cc2c(cc1C(N)=O)C(=O)C(=NO)C2. The summed E-state index contributed by atoms with van der Waals surface area (Å²) in [6.45, 7) is 0. The van der Waals surface area contributed by atoms with E-state index in [1.165, 1.54) is 13.2 Å². The van der Waals surface area contributed by atoms with Crippen molar-refractivity contribution in [1.82, 2.24) is 0 Å². The number of nitrogens with zero attached hydrogens (tertiary/aromatic N) is 1. The first-order chi connectivity index (χ1) is 8.08. The van der Waals surface area contributed by atoms with Gasteiger partial charge in [0, 0.05) is 12.0 Å². The van der Waals surface area contributed by atoms with Gasteiger partial charge in [0.05, 0.1) is 12.7 Å². The Labute approximate surface area is 96.7 Å². The fraction of sp³-hybridized carbons (Fsp3) is 0.182. The smallest absolute Gasteiger partial charge is 0.252 e. The molecule has 0 aliphatic heterocycles. The largest absolute Gasteiger partial charge is 0.496 e. The van der Waals surface area contributed by atoms with Crippen LogP contribution in [0.15, 0.2) is 17.3 Å². The number of hydrogen-bond acceptors (Lipinski definition) is 5. The summed E-state index contributed by atoms with van der Waals surface area (Å²) in [5.41, 5.74) is 6.35. The van der Waals surface area contributed by atoms with E-state index < -0.39 is 11.7 Å². The second-order valence-corrected chi connectivity index (χ2v) is 3.63. The number of rotatable bonds is 2. The number of nitrogens with two attached hydrogens (primary N) is 1.